The zero-order valence-electron chi connectivity index (χ0n) is 12.9. The van der Waals surface area contributed by atoms with Crippen molar-refractivity contribution in [3.8, 4) is 11.3 Å². The van der Waals surface area contributed by atoms with E-state index in [2.05, 4.69) is 10.3 Å². The van der Waals surface area contributed by atoms with Gasteiger partial charge in [0.2, 0.25) is 0 Å². The third-order valence-corrected chi connectivity index (χ3v) is 3.09. The number of rotatable bonds is 7. The fourth-order valence-electron chi connectivity index (χ4n) is 2.14. The molecule has 0 bridgehead atoms. The van der Waals surface area contributed by atoms with Gasteiger partial charge in [-0.15, -0.1) is 5.10 Å². The topological polar surface area (TPSA) is 49.2 Å². The van der Waals surface area contributed by atoms with Crippen LogP contribution in [-0.4, -0.2) is 34.5 Å². The smallest absolute Gasteiger partial charge is 0.351 e. The van der Waals surface area contributed by atoms with Gasteiger partial charge in [-0.2, -0.15) is 13.2 Å². The van der Waals surface area contributed by atoms with E-state index in [9.17, 15) is 13.2 Å². The second-order valence-electron chi connectivity index (χ2n) is 4.71. The van der Waals surface area contributed by atoms with Crippen LogP contribution in [0.15, 0.2) is 30.5 Å². The summed E-state index contributed by atoms with van der Waals surface area (Å²) in [7, 11) is 0. The molecule has 2 aromatic rings. The van der Waals surface area contributed by atoms with Crippen molar-refractivity contribution in [1.82, 2.24) is 15.0 Å². The molecule has 0 aliphatic heterocycles. The monoisotopic (exact) mass is 329 g/mol. The first-order valence-electron chi connectivity index (χ1n) is 7.25. The molecule has 0 unspecified atom stereocenters. The molecule has 0 N–H and O–H groups in total. The minimum absolute atomic E-state index is 0.00406. The molecular formula is C15H18F3N3O2. The van der Waals surface area contributed by atoms with Crippen LogP contribution in [0.3, 0.4) is 0 Å². The van der Waals surface area contributed by atoms with Crippen LogP contribution >= 0.6 is 0 Å². The molecule has 0 spiro atoms. The van der Waals surface area contributed by atoms with Crippen LogP contribution in [0.4, 0.5) is 13.2 Å². The van der Waals surface area contributed by atoms with Gasteiger partial charge in [0.15, 0.2) is 6.29 Å². The number of alkyl halides is 3. The second kappa shape index (κ2) is 7.56. The number of hydrogen-bond donors (Lipinski definition) is 0. The van der Waals surface area contributed by atoms with Gasteiger partial charge in [0.25, 0.3) is 0 Å². The van der Waals surface area contributed by atoms with Gasteiger partial charge in [-0.05, 0) is 19.9 Å². The first-order valence-corrected chi connectivity index (χ1v) is 7.25. The number of ether oxygens (including phenoxy) is 2. The third-order valence-electron chi connectivity index (χ3n) is 3.09. The van der Waals surface area contributed by atoms with E-state index in [1.807, 2.05) is 13.8 Å². The fraction of sp³-hybridized carbons (Fsp3) is 0.467. The Kier molecular flexibility index (Phi) is 5.73. The lowest BCUT2D eigenvalue weighted by atomic mass is 10.1. The van der Waals surface area contributed by atoms with Crippen molar-refractivity contribution in [2.75, 3.05) is 13.2 Å². The Labute approximate surface area is 132 Å². The Balaban J connectivity index is 2.23. The average Bonchev–Trinajstić information content (AvgIpc) is 2.95. The number of benzene rings is 1. The summed E-state index contributed by atoms with van der Waals surface area (Å²) in [5.74, 6) is 0. The van der Waals surface area contributed by atoms with Crippen LogP contribution in [0.5, 0.6) is 0 Å². The van der Waals surface area contributed by atoms with E-state index in [1.165, 1.54) is 29.1 Å². The first-order chi connectivity index (χ1) is 11.0. The summed E-state index contributed by atoms with van der Waals surface area (Å²) in [4.78, 5) is 0. The lowest BCUT2D eigenvalue weighted by Gasteiger charge is -2.16. The number of aromatic nitrogens is 3. The maximum absolute atomic E-state index is 13.1. The molecule has 0 radical (unpaired) electrons. The highest BCUT2D eigenvalue weighted by molar-refractivity contribution is 5.63. The van der Waals surface area contributed by atoms with E-state index in [0.717, 1.165) is 6.07 Å². The molecule has 8 heteroatoms. The Bertz CT molecular complexity index is 622. The summed E-state index contributed by atoms with van der Waals surface area (Å²) in [6.45, 7) is 4.84. The largest absolute Gasteiger partial charge is 0.417 e. The van der Waals surface area contributed by atoms with Gasteiger partial charge in [-0.3, -0.25) is 0 Å². The molecule has 1 aromatic heterocycles. The Morgan fingerprint density at radius 1 is 1.13 bits per heavy atom. The minimum atomic E-state index is -4.44. The van der Waals surface area contributed by atoms with E-state index in [4.69, 9.17) is 9.47 Å². The fourth-order valence-corrected chi connectivity index (χ4v) is 2.14. The number of nitrogens with zero attached hydrogens (tertiary/aromatic N) is 3. The molecule has 0 aliphatic rings. The summed E-state index contributed by atoms with van der Waals surface area (Å²) in [5, 5.41) is 7.70. The zero-order chi connectivity index (χ0) is 16.9. The highest BCUT2D eigenvalue weighted by Gasteiger charge is 2.34. The van der Waals surface area contributed by atoms with E-state index in [-0.39, 0.29) is 17.8 Å². The summed E-state index contributed by atoms with van der Waals surface area (Å²) < 4.78 is 51.4. The lowest BCUT2D eigenvalue weighted by molar-refractivity contribution is -0.145. The van der Waals surface area contributed by atoms with Crippen LogP contribution in [0, 0.1) is 0 Å². The summed E-state index contributed by atoms with van der Waals surface area (Å²) >= 11 is 0. The molecule has 0 saturated heterocycles. The molecule has 126 valence electrons. The van der Waals surface area contributed by atoms with E-state index >= 15 is 0 Å². The van der Waals surface area contributed by atoms with Crippen LogP contribution in [-0.2, 0) is 22.2 Å². The Morgan fingerprint density at radius 2 is 1.78 bits per heavy atom. The lowest BCUT2D eigenvalue weighted by Crippen LogP contribution is -2.24. The van der Waals surface area contributed by atoms with E-state index < -0.39 is 18.0 Å². The first kappa shape index (κ1) is 17.4. The van der Waals surface area contributed by atoms with Crippen molar-refractivity contribution in [3.05, 3.63) is 36.0 Å². The highest BCUT2D eigenvalue weighted by Crippen LogP contribution is 2.36. The molecule has 0 aliphatic carbocycles. The summed E-state index contributed by atoms with van der Waals surface area (Å²) in [6.07, 6.45) is -3.51. The van der Waals surface area contributed by atoms with Crippen LogP contribution in [0.1, 0.15) is 19.4 Å². The normalized spacial score (nSPS) is 12.1. The van der Waals surface area contributed by atoms with Crippen molar-refractivity contribution in [1.29, 1.82) is 0 Å². The maximum atomic E-state index is 13.1. The minimum Gasteiger partial charge on any atom is -0.351 e. The number of hydrogen-bond acceptors (Lipinski definition) is 4. The highest BCUT2D eigenvalue weighted by atomic mass is 19.4. The van der Waals surface area contributed by atoms with Gasteiger partial charge in [0.05, 0.1) is 18.3 Å². The number of halogens is 3. The van der Waals surface area contributed by atoms with E-state index in [0.29, 0.717) is 13.2 Å². The van der Waals surface area contributed by atoms with Crippen molar-refractivity contribution in [3.63, 3.8) is 0 Å². The van der Waals surface area contributed by atoms with Gasteiger partial charge in [-0.25, -0.2) is 4.68 Å². The summed E-state index contributed by atoms with van der Waals surface area (Å²) in [6, 6.07) is 5.28. The molecule has 2 rings (SSSR count). The predicted molar refractivity (Wildman–Crippen MR) is 77.5 cm³/mol. The maximum Gasteiger partial charge on any atom is 0.417 e. The zero-order valence-corrected chi connectivity index (χ0v) is 12.9. The van der Waals surface area contributed by atoms with Crippen molar-refractivity contribution in [2.45, 2.75) is 32.9 Å². The van der Waals surface area contributed by atoms with Gasteiger partial charge >= 0.3 is 6.18 Å². The molecule has 0 atom stereocenters. The molecule has 0 fully saturated rings. The molecule has 5 nitrogen and oxygen atoms in total. The molecule has 1 aromatic carbocycles. The third kappa shape index (κ3) is 4.52. The molecule has 0 saturated carbocycles. The van der Waals surface area contributed by atoms with Crippen molar-refractivity contribution >= 4 is 0 Å². The molecule has 0 amide bonds. The van der Waals surface area contributed by atoms with Crippen molar-refractivity contribution < 1.29 is 22.6 Å². The Morgan fingerprint density at radius 3 is 2.39 bits per heavy atom. The van der Waals surface area contributed by atoms with Gasteiger partial charge in [0, 0.05) is 18.8 Å². The van der Waals surface area contributed by atoms with Crippen molar-refractivity contribution in [2.24, 2.45) is 0 Å². The average molecular weight is 329 g/mol. The van der Waals surface area contributed by atoms with E-state index in [1.54, 1.807) is 0 Å². The standard InChI is InChI=1S/C15H18F3N3O2/c1-3-22-14(23-4-2)10-21-9-13(19-20-21)11-7-5-6-8-12(11)15(16,17)18/h5-9,14H,3-4,10H2,1-2H3. The van der Waals surface area contributed by atoms with Crippen LogP contribution in [0.2, 0.25) is 0 Å². The predicted octanol–water partition coefficient (Wildman–Crippen LogP) is 3.36. The summed E-state index contributed by atoms with van der Waals surface area (Å²) in [5.41, 5.74) is -0.585. The molecule has 1 heterocycles. The Hall–Kier alpha value is -1.93. The van der Waals surface area contributed by atoms with Gasteiger partial charge < -0.3 is 9.47 Å². The molecule has 23 heavy (non-hydrogen) atoms. The van der Waals surface area contributed by atoms with Gasteiger partial charge in [-0.1, -0.05) is 23.4 Å². The SMILES string of the molecule is CCOC(Cn1cc(-c2ccccc2C(F)(F)F)nn1)OCC. The van der Waals surface area contributed by atoms with Crippen LogP contribution in [0.25, 0.3) is 11.3 Å². The van der Waals surface area contributed by atoms with Gasteiger partial charge in [0.1, 0.15) is 5.69 Å². The van der Waals surface area contributed by atoms with Crippen LogP contribution < -0.4 is 0 Å². The molecular weight excluding hydrogens is 311 g/mol. The quantitative estimate of drug-likeness (QED) is 0.731. The second-order valence-corrected chi connectivity index (χ2v) is 4.71.